The van der Waals surface area contributed by atoms with Gasteiger partial charge in [-0.3, -0.25) is 4.79 Å². The summed E-state index contributed by atoms with van der Waals surface area (Å²) in [6, 6.07) is 12.6. The van der Waals surface area contributed by atoms with Crippen LogP contribution in [0.5, 0.6) is 0 Å². The molecule has 5 nitrogen and oxygen atoms in total. The Labute approximate surface area is 134 Å². The normalized spacial score (nSPS) is 20.2. The van der Waals surface area contributed by atoms with Gasteiger partial charge in [0.25, 0.3) is 0 Å². The molecule has 1 N–H and O–H groups in total. The summed E-state index contributed by atoms with van der Waals surface area (Å²) in [7, 11) is 0. The molecule has 0 unspecified atom stereocenters. The fourth-order valence-corrected chi connectivity index (χ4v) is 3.23. The highest BCUT2D eigenvalue weighted by Gasteiger charge is 2.36. The third-order valence-corrected chi connectivity index (χ3v) is 4.56. The Balaban J connectivity index is 1.50. The van der Waals surface area contributed by atoms with Crippen molar-refractivity contribution in [1.29, 1.82) is 0 Å². The van der Waals surface area contributed by atoms with E-state index in [4.69, 9.17) is 0 Å². The predicted octanol–water partition coefficient (Wildman–Crippen LogP) is 3.33. The van der Waals surface area contributed by atoms with E-state index in [0.717, 1.165) is 34.9 Å². The van der Waals surface area contributed by atoms with Gasteiger partial charge in [0.05, 0.1) is 12.2 Å². The maximum Gasteiger partial charge on any atom is 0.227 e. The van der Waals surface area contributed by atoms with Crippen LogP contribution in [-0.4, -0.2) is 20.9 Å². The highest BCUT2D eigenvalue weighted by molar-refractivity contribution is 6.03. The Morgan fingerprint density at radius 1 is 1.26 bits per heavy atom. The molecule has 116 valence electrons. The van der Waals surface area contributed by atoms with E-state index in [0.29, 0.717) is 6.04 Å². The number of hydrogen-bond donors (Lipinski definition) is 1. The van der Waals surface area contributed by atoms with Crippen LogP contribution in [0.25, 0.3) is 10.8 Å². The Morgan fingerprint density at radius 2 is 2.09 bits per heavy atom. The smallest absolute Gasteiger partial charge is 0.227 e. The van der Waals surface area contributed by atoms with Crippen LogP contribution in [0.3, 0.4) is 0 Å². The van der Waals surface area contributed by atoms with Gasteiger partial charge >= 0.3 is 0 Å². The van der Waals surface area contributed by atoms with Crippen LogP contribution in [0.2, 0.25) is 0 Å². The molecule has 0 bridgehead atoms. The molecule has 0 saturated heterocycles. The van der Waals surface area contributed by atoms with Crippen molar-refractivity contribution in [2.24, 2.45) is 5.92 Å². The van der Waals surface area contributed by atoms with E-state index in [9.17, 15) is 4.79 Å². The first-order valence-electron chi connectivity index (χ1n) is 7.87. The van der Waals surface area contributed by atoms with Gasteiger partial charge in [0.15, 0.2) is 0 Å². The summed E-state index contributed by atoms with van der Waals surface area (Å²) in [5.41, 5.74) is 2.04. The predicted molar refractivity (Wildman–Crippen MR) is 89.1 cm³/mol. The van der Waals surface area contributed by atoms with Gasteiger partial charge in [-0.1, -0.05) is 35.5 Å². The molecule has 2 aromatic carbocycles. The fraction of sp³-hybridized carbons (Fsp3) is 0.278. The summed E-state index contributed by atoms with van der Waals surface area (Å²) in [5, 5.41) is 13.2. The fourth-order valence-electron chi connectivity index (χ4n) is 3.23. The Bertz CT molecular complexity index is 851. The number of carbonyl (C=O) groups excluding carboxylic acids is 1. The van der Waals surface area contributed by atoms with Crippen LogP contribution in [0.15, 0.2) is 48.8 Å². The molecule has 1 aliphatic carbocycles. The average Bonchev–Trinajstić information content (AvgIpc) is 2.99. The van der Waals surface area contributed by atoms with Crippen LogP contribution in [0.4, 0.5) is 5.69 Å². The number of benzene rings is 2. The number of anilines is 1. The van der Waals surface area contributed by atoms with E-state index < -0.39 is 0 Å². The molecule has 1 heterocycles. The lowest BCUT2D eigenvalue weighted by atomic mass is 9.79. The molecule has 1 aliphatic rings. The minimum Gasteiger partial charge on any atom is -0.325 e. The van der Waals surface area contributed by atoms with E-state index in [1.54, 1.807) is 6.20 Å². The summed E-state index contributed by atoms with van der Waals surface area (Å²) >= 11 is 0. The van der Waals surface area contributed by atoms with Crippen molar-refractivity contribution in [2.75, 3.05) is 5.32 Å². The molecule has 5 heteroatoms. The largest absolute Gasteiger partial charge is 0.325 e. The number of rotatable bonds is 3. The van der Waals surface area contributed by atoms with E-state index in [-0.39, 0.29) is 11.8 Å². The first kappa shape index (κ1) is 13.9. The maximum atomic E-state index is 12.5. The molecular weight excluding hydrogens is 288 g/mol. The summed E-state index contributed by atoms with van der Waals surface area (Å²) in [6.45, 7) is 2.05. The molecule has 0 atom stereocenters. The summed E-state index contributed by atoms with van der Waals surface area (Å²) in [4.78, 5) is 12.5. The van der Waals surface area contributed by atoms with Crippen LogP contribution in [-0.2, 0) is 4.79 Å². The lowest BCUT2D eigenvalue weighted by Crippen LogP contribution is -2.36. The third-order valence-electron chi connectivity index (χ3n) is 4.56. The maximum absolute atomic E-state index is 12.5. The molecule has 1 saturated carbocycles. The molecule has 0 radical (unpaired) electrons. The van der Waals surface area contributed by atoms with Gasteiger partial charge in [0.1, 0.15) is 0 Å². The SMILES string of the molecule is Cc1cc(NC(=O)C2CC(n3ccnn3)C2)c2ccccc2c1. The van der Waals surface area contributed by atoms with E-state index in [1.165, 1.54) is 0 Å². The molecule has 0 aliphatic heterocycles. The van der Waals surface area contributed by atoms with Gasteiger partial charge in [0.2, 0.25) is 5.91 Å². The van der Waals surface area contributed by atoms with Gasteiger partial charge in [-0.25, -0.2) is 4.68 Å². The summed E-state index contributed by atoms with van der Waals surface area (Å²) in [5.74, 6) is 0.139. The Kier molecular flexibility index (Phi) is 3.33. The first-order valence-corrected chi connectivity index (χ1v) is 7.87. The third kappa shape index (κ3) is 2.59. The number of aromatic nitrogens is 3. The number of hydrogen-bond acceptors (Lipinski definition) is 3. The van der Waals surface area contributed by atoms with Gasteiger partial charge in [-0.05, 0) is 36.8 Å². The van der Waals surface area contributed by atoms with Crippen molar-refractivity contribution in [3.8, 4) is 0 Å². The second-order valence-corrected chi connectivity index (χ2v) is 6.23. The van der Waals surface area contributed by atoms with Crippen molar-refractivity contribution in [3.05, 3.63) is 54.4 Å². The monoisotopic (exact) mass is 306 g/mol. The van der Waals surface area contributed by atoms with Gasteiger partial charge in [-0.2, -0.15) is 0 Å². The van der Waals surface area contributed by atoms with Gasteiger partial charge in [0, 0.05) is 23.2 Å². The highest BCUT2D eigenvalue weighted by atomic mass is 16.1. The van der Waals surface area contributed by atoms with Crippen LogP contribution in [0, 0.1) is 12.8 Å². The Hall–Kier alpha value is -2.69. The lowest BCUT2D eigenvalue weighted by Gasteiger charge is -2.33. The molecule has 4 rings (SSSR count). The second-order valence-electron chi connectivity index (χ2n) is 6.23. The van der Waals surface area contributed by atoms with Crippen LogP contribution < -0.4 is 5.32 Å². The molecule has 3 aromatic rings. The molecular formula is C18H18N4O. The first-order chi connectivity index (χ1) is 11.2. The highest BCUT2D eigenvalue weighted by Crippen LogP contribution is 2.38. The van der Waals surface area contributed by atoms with Crippen molar-refractivity contribution < 1.29 is 4.79 Å². The second kappa shape index (κ2) is 5.50. The van der Waals surface area contributed by atoms with Gasteiger partial charge in [-0.15, -0.1) is 5.10 Å². The molecule has 1 amide bonds. The number of amides is 1. The van der Waals surface area contributed by atoms with E-state index in [1.807, 2.05) is 42.1 Å². The van der Waals surface area contributed by atoms with E-state index in [2.05, 4.69) is 27.8 Å². The topological polar surface area (TPSA) is 59.8 Å². The number of aryl methyl sites for hydroxylation is 1. The summed E-state index contributed by atoms with van der Waals surface area (Å²) < 4.78 is 1.84. The Morgan fingerprint density at radius 3 is 2.87 bits per heavy atom. The number of nitrogens with one attached hydrogen (secondary N) is 1. The number of nitrogens with zero attached hydrogens (tertiary/aromatic N) is 3. The van der Waals surface area contributed by atoms with Crippen molar-refractivity contribution in [3.63, 3.8) is 0 Å². The average molecular weight is 306 g/mol. The number of carbonyl (C=O) groups is 1. The van der Waals surface area contributed by atoms with Crippen molar-refractivity contribution in [1.82, 2.24) is 15.0 Å². The quantitative estimate of drug-likeness (QED) is 0.807. The lowest BCUT2D eigenvalue weighted by molar-refractivity contribution is -0.123. The minimum atomic E-state index is 0.0449. The zero-order valence-electron chi connectivity index (χ0n) is 12.9. The van der Waals surface area contributed by atoms with Crippen LogP contribution >= 0.6 is 0 Å². The molecule has 1 aromatic heterocycles. The zero-order chi connectivity index (χ0) is 15.8. The zero-order valence-corrected chi connectivity index (χ0v) is 12.9. The van der Waals surface area contributed by atoms with Gasteiger partial charge < -0.3 is 5.32 Å². The summed E-state index contributed by atoms with van der Waals surface area (Å²) in [6.07, 6.45) is 5.16. The van der Waals surface area contributed by atoms with E-state index >= 15 is 0 Å². The van der Waals surface area contributed by atoms with Crippen molar-refractivity contribution in [2.45, 2.75) is 25.8 Å². The molecule has 0 spiro atoms. The minimum absolute atomic E-state index is 0.0449. The van der Waals surface area contributed by atoms with Crippen molar-refractivity contribution >= 4 is 22.4 Å². The number of fused-ring (bicyclic) bond motifs is 1. The molecule has 23 heavy (non-hydrogen) atoms. The standard InChI is InChI=1S/C18H18N4O/c1-12-8-13-4-2-3-5-16(13)17(9-12)20-18(23)14-10-15(11-14)22-7-6-19-21-22/h2-9,14-15H,10-11H2,1H3,(H,20,23). The van der Waals surface area contributed by atoms with Crippen LogP contribution in [0.1, 0.15) is 24.4 Å². The molecule has 1 fully saturated rings.